The molecule has 9 nitrogen and oxygen atoms in total. The first kappa shape index (κ1) is 31.7. The van der Waals surface area contributed by atoms with E-state index in [4.69, 9.17) is 31.2 Å². The Morgan fingerprint density at radius 2 is 1.84 bits per heavy atom. The molecule has 232 valence electrons. The molecule has 0 unspecified atom stereocenters. The first-order valence-electron chi connectivity index (χ1n) is 14.0. The summed E-state index contributed by atoms with van der Waals surface area (Å²) in [6.45, 7) is 0.146. The summed E-state index contributed by atoms with van der Waals surface area (Å²) in [7, 11) is 0. The SMILES string of the molecule is NCc1cccc(Oc2cc(Cl)ccc2N(CCCC(=O)NCc2ccccc2F)C(=O)COc2ccc3sc(=O)oc3c2)c1. The van der Waals surface area contributed by atoms with E-state index < -0.39 is 16.7 Å². The van der Waals surface area contributed by atoms with E-state index in [-0.39, 0.29) is 38.4 Å². The quantitative estimate of drug-likeness (QED) is 0.151. The molecule has 0 saturated heterocycles. The van der Waals surface area contributed by atoms with Gasteiger partial charge in [-0.15, -0.1) is 0 Å². The van der Waals surface area contributed by atoms with Crippen LogP contribution in [0.25, 0.3) is 10.3 Å². The van der Waals surface area contributed by atoms with Gasteiger partial charge in [-0.05, 0) is 54.4 Å². The van der Waals surface area contributed by atoms with E-state index in [1.807, 2.05) is 12.1 Å². The van der Waals surface area contributed by atoms with Crippen molar-refractivity contribution in [3.63, 3.8) is 0 Å². The minimum Gasteiger partial charge on any atom is -0.484 e. The van der Waals surface area contributed by atoms with Crippen LogP contribution in [0.2, 0.25) is 5.02 Å². The summed E-state index contributed by atoms with van der Waals surface area (Å²) in [4.78, 5) is 38.9. The Morgan fingerprint density at radius 3 is 2.67 bits per heavy atom. The summed E-state index contributed by atoms with van der Waals surface area (Å²) in [5, 5.41) is 3.11. The highest BCUT2D eigenvalue weighted by Gasteiger charge is 2.22. The number of anilines is 1. The van der Waals surface area contributed by atoms with E-state index in [0.29, 0.717) is 50.3 Å². The Hall–Kier alpha value is -4.71. The van der Waals surface area contributed by atoms with Crippen molar-refractivity contribution >= 4 is 50.7 Å². The molecule has 12 heteroatoms. The van der Waals surface area contributed by atoms with Crippen LogP contribution in [-0.2, 0) is 22.7 Å². The Bertz CT molecular complexity index is 1880. The standard InChI is InChI=1S/C33H29ClFN3O6S/c34-23-10-12-27(28(16-23)43-25-7-3-5-21(15-25)18-36)38(14-4-9-31(39)37-19-22-6-1-2-8-26(22)35)32(40)20-42-24-11-13-30-29(17-24)44-33(41)45-30/h1-3,5-8,10-13,15-17H,4,9,14,18-20,36H2,(H,37,39). The lowest BCUT2D eigenvalue weighted by atomic mass is 10.2. The van der Waals surface area contributed by atoms with Crippen molar-refractivity contribution in [1.29, 1.82) is 0 Å². The van der Waals surface area contributed by atoms with Crippen molar-refractivity contribution in [2.75, 3.05) is 18.1 Å². The number of halogens is 2. The zero-order valence-corrected chi connectivity index (χ0v) is 25.5. The summed E-state index contributed by atoms with van der Waals surface area (Å²) >= 11 is 7.29. The van der Waals surface area contributed by atoms with Crippen molar-refractivity contribution in [1.82, 2.24) is 5.32 Å². The predicted molar refractivity (Wildman–Crippen MR) is 172 cm³/mol. The number of fused-ring (bicyclic) bond motifs is 1. The van der Waals surface area contributed by atoms with Crippen LogP contribution in [0.1, 0.15) is 24.0 Å². The molecule has 4 aromatic carbocycles. The van der Waals surface area contributed by atoms with Gasteiger partial charge in [0.2, 0.25) is 5.91 Å². The number of nitrogens with one attached hydrogen (secondary N) is 1. The second kappa shape index (κ2) is 14.8. The van der Waals surface area contributed by atoms with Gasteiger partial charge < -0.3 is 29.8 Å². The topological polar surface area (TPSA) is 124 Å². The molecule has 1 heterocycles. The molecule has 3 N–H and O–H groups in total. The van der Waals surface area contributed by atoms with Crippen molar-refractivity contribution in [3.8, 4) is 17.2 Å². The first-order chi connectivity index (χ1) is 21.8. The van der Waals surface area contributed by atoms with E-state index in [2.05, 4.69) is 5.32 Å². The number of hydrogen-bond donors (Lipinski definition) is 2. The van der Waals surface area contributed by atoms with Crippen molar-refractivity contribution in [3.05, 3.63) is 117 Å². The molecule has 0 spiro atoms. The maximum Gasteiger partial charge on any atom is 0.396 e. The number of amides is 2. The first-order valence-corrected chi connectivity index (χ1v) is 15.2. The van der Waals surface area contributed by atoms with Crippen molar-refractivity contribution in [2.24, 2.45) is 5.73 Å². The molecule has 5 aromatic rings. The number of hydrogen-bond acceptors (Lipinski definition) is 8. The number of carbonyl (C=O) groups excluding carboxylic acids is 2. The van der Waals surface area contributed by atoms with E-state index in [1.165, 1.54) is 11.0 Å². The molecule has 0 aliphatic heterocycles. The van der Waals surface area contributed by atoms with Gasteiger partial charge in [-0.25, -0.2) is 9.18 Å². The van der Waals surface area contributed by atoms with Gasteiger partial charge in [0.15, 0.2) is 17.9 Å². The number of nitrogens with two attached hydrogens (primary N) is 1. The third-order valence-corrected chi connectivity index (χ3v) is 7.80. The minimum atomic E-state index is -0.436. The Kier molecular flexibility index (Phi) is 10.5. The van der Waals surface area contributed by atoms with Gasteiger partial charge in [0.1, 0.15) is 17.3 Å². The van der Waals surface area contributed by atoms with Crippen LogP contribution in [-0.4, -0.2) is 25.0 Å². The molecule has 1 aromatic heterocycles. The van der Waals surface area contributed by atoms with Crippen LogP contribution in [0.4, 0.5) is 10.1 Å². The van der Waals surface area contributed by atoms with Crippen LogP contribution in [0.15, 0.2) is 94.1 Å². The molecule has 0 saturated carbocycles. The van der Waals surface area contributed by atoms with E-state index in [1.54, 1.807) is 66.7 Å². The summed E-state index contributed by atoms with van der Waals surface area (Å²) in [5.41, 5.74) is 7.80. The van der Waals surface area contributed by atoms with Crippen LogP contribution in [0.5, 0.6) is 17.2 Å². The van der Waals surface area contributed by atoms with E-state index >= 15 is 0 Å². The molecule has 0 aliphatic rings. The van der Waals surface area contributed by atoms with Crippen LogP contribution in [0.3, 0.4) is 0 Å². The van der Waals surface area contributed by atoms with Crippen LogP contribution in [0, 0.1) is 5.82 Å². The third kappa shape index (κ3) is 8.48. The number of ether oxygens (including phenoxy) is 2. The maximum atomic E-state index is 14.0. The Balaban J connectivity index is 1.33. The van der Waals surface area contributed by atoms with Crippen LogP contribution < -0.4 is 30.4 Å². The fourth-order valence-corrected chi connectivity index (χ4v) is 5.33. The molecule has 0 aliphatic carbocycles. The molecule has 2 amide bonds. The molecular weight excluding hydrogens is 621 g/mol. The van der Waals surface area contributed by atoms with E-state index in [0.717, 1.165) is 16.9 Å². The summed E-state index contributed by atoms with van der Waals surface area (Å²) in [5.74, 6) is 0.0482. The van der Waals surface area contributed by atoms with E-state index in [9.17, 15) is 18.8 Å². The molecule has 0 fully saturated rings. The van der Waals surface area contributed by atoms with Crippen molar-refractivity contribution in [2.45, 2.75) is 25.9 Å². The zero-order chi connectivity index (χ0) is 31.8. The molecule has 0 atom stereocenters. The van der Waals surface area contributed by atoms with Gasteiger partial charge in [-0.3, -0.25) is 9.59 Å². The number of carbonyl (C=O) groups is 2. The Labute approximate surface area is 266 Å². The minimum absolute atomic E-state index is 0.0492. The lowest BCUT2D eigenvalue weighted by Gasteiger charge is -2.25. The predicted octanol–water partition coefficient (Wildman–Crippen LogP) is 6.41. The smallest absolute Gasteiger partial charge is 0.396 e. The average molecular weight is 650 g/mol. The van der Waals surface area contributed by atoms with Gasteiger partial charge in [0.25, 0.3) is 5.91 Å². The molecule has 5 rings (SSSR count). The molecular formula is C33H29ClFN3O6S. The number of nitrogens with zero attached hydrogens (tertiary/aromatic N) is 1. The van der Waals surface area contributed by atoms with Gasteiger partial charge in [-0.2, -0.15) is 0 Å². The average Bonchev–Trinajstić information content (AvgIpc) is 3.41. The number of benzene rings is 4. The molecule has 45 heavy (non-hydrogen) atoms. The van der Waals surface area contributed by atoms with Gasteiger partial charge in [-0.1, -0.05) is 53.3 Å². The largest absolute Gasteiger partial charge is 0.484 e. The second-order valence-electron chi connectivity index (χ2n) is 9.93. The van der Waals surface area contributed by atoms with Gasteiger partial charge in [0, 0.05) is 48.8 Å². The van der Waals surface area contributed by atoms with Crippen molar-refractivity contribution < 1.29 is 27.9 Å². The Morgan fingerprint density at radius 1 is 1.00 bits per heavy atom. The lowest BCUT2D eigenvalue weighted by Crippen LogP contribution is -2.36. The highest BCUT2D eigenvalue weighted by Crippen LogP contribution is 2.36. The summed E-state index contributed by atoms with van der Waals surface area (Å²) in [6.07, 6.45) is 0.362. The van der Waals surface area contributed by atoms with Gasteiger partial charge >= 0.3 is 4.94 Å². The lowest BCUT2D eigenvalue weighted by molar-refractivity contribution is -0.122. The molecule has 0 radical (unpaired) electrons. The van der Waals surface area contributed by atoms with Crippen LogP contribution >= 0.6 is 22.9 Å². The number of rotatable bonds is 13. The summed E-state index contributed by atoms with van der Waals surface area (Å²) < 4.78 is 31.7. The maximum absolute atomic E-state index is 14.0. The second-order valence-corrected chi connectivity index (χ2v) is 11.3. The molecule has 0 bridgehead atoms. The fourth-order valence-electron chi connectivity index (χ4n) is 4.52. The monoisotopic (exact) mass is 649 g/mol. The highest BCUT2D eigenvalue weighted by molar-refractivity contribution is 7.16. The fraction of sp³-hybridized carbons (Fsp3) is 0.182. The third-order valence-electron chi connectivity index (χ3n) is 6.76. The normalized spacial score (nSPS) is 10.9. The highest BCUT2D eigenvalue weighted by atomic mass is 35.5. The van der Waals surface area contributed by atoms with Gasteiger partial charge in [0.05, 0.1) is 10.4 Å². The summed E-state index contributed by atoms with van der Waals surface area (Å²) in [6, 6.07) is 23.2. The zero-order valence-electron chi connectivity index (χ0n) is 24.0.